The molecule has 1 aromatic carbocycles. The van der Waals surface area contributed by atoms with Crippen LogP contribution in [-0.4, -0.2) is 43.5 Å². The number of carbonyl (C=O) groups is 1. The molecule has 1 unspecified atom stereocenters. The SMILES string of the molecule is CC(C(=O)c1ccc(Cl)cc1Cl)N(C)CCOCC1CC1. The van der Waals surface area contributed by atoms with Crippen LogP contribution < -0.4 is 0 Å². The highest BCUT2D eigenvalue weighted by Gasteiger charge is 2.23. The lowest BCUT2D eigenvalue weighted by atomic mass is 10.0. The second kappa shape index (κ2) is 7.59. The molecule has 116 valence electrons. The van der Waals surface area contributed by atoms with Crippen LogP contribution in [0.5, 0.6) is 0 Å². The van der Waals surface area contributed by atoms with Crippen LogP contribution in [0.15, 0.2) is 18.2 Å². The van der Waals surface area contributed by atoms with Crippen molar-refractivity contribution in [2.75, 3.05) is 26.8 Å². The maximum atomic E-state index is 12.5. The fourth-order valence-corrected chi connectivity index (χ4v) is 2.55. The van der Waals surface area contributed by atoms with Gasteiger partial charge in [-0.2, -0.15) is 0 Å². The second-order valence-corrected chi connectivity index (χ2v) is 6.51. The van der Waals surface area contributed by atoms with Crippen molar-refractivity contribution >= 4 is 29.0 Å². The molecule has 21 heavy (non-hydrogen) atoms. The molecule has 1 aromatic rings. The average molecular weight is 330 g/mol. The molecule has 5 heteroatoms. The van der Waals surface area contributed by atoms with Crippen LogP contribution in [0.3, 0.4) is 0 Å². The lowest BCUT2D eigenvalue weighted by molar-refractivity contribution is 0.0749. The maximum absolute atomic E-state index is 12.5. The standard InChI is InChI=1S/C16H21Cl2NO2/c1-11(19(2)7-8-21-10-12-3-4-12)16(20)14-6-5-13(17)9-15(14)18/h5-6,9,11-12H,3-4,7-8,10H2,1-2H3. The molecule has 1 saturated carbocycles. The zero-order valence-corrected chi connectivity index (χ0v) is 14.0. The van der Waals surface area contributed by atoms with Crippen LogP contribution in [0.1, 0.15) is 30.1 Å². The Balaban J connectivity index is 1.84. The lowest BCUT2D eigenvalue weighted by Crippen LogP contribution is -2.38. The molecule has 0 N–H and O–H groups in total. The number of ether oxygens (including phenoxy) is 1. The fourth-order valence-electron chi connectivity index (χ4n) is 2.05. The van der Waals surface area contributed by atoms with Gasteiger partial charge in [0.1, 0.15) is 0 Å². The Morgan fingerprint density at radius 3 is 2.76 bits per heavy atom. The molecule has 0 aromatic heterocycles. The Morgan fingerprint density at radius 2 is 2.14 bits per heavy atom. The number of likely N-dealkylation sites (N-methyl/N-ethyl adjacent to an activating group) is 1. The average Bonchev–Trinajstić information content (AvgIpc) is 3.26. The van der Waals surface area contributed by atoms with E-state index in [1.54, 1.807) is 18.2 Å². The number of hydrogen-bond acceptors (Lipinski definition) is 3. The summed E-state index contributed by atoms with van der Waals surface area (Å²) in [5.41, 5.74) is 0.513. The van der Waals surface area contributed by atoms with Gasteiger partial charge in [0.05, 0.1) is 17.7 Å². The van der Waals surface area contributed by atoms with E-state index in [0.29, 0.717) is 22.2 Å². The summed E-state index contributed by atoms with van der Waals surface area (Å²) in [6, 6.07) is 4.72. The predicted molar refractivity (Wildman–Crippen MR) is 86.4 cm³/mol. The molecular weight excluding hydrogens is 309 g/mol. The molecule has 1 aliphatic carbocycles. The highest BCUT2D eigenvalue weighted by molar-refractivity contribution is 6.37. The normalized spacial score (nSPS) is 16.2. The van der Waals surface area contributed by atoms with Crippen LogP contribution >= 0.6 is 23.2 Å². The molecular formula is C16H21Cl2NO2. The van der Waals surface area contributed by atoms with Crippen LogP contribution in [0, 0.1) is 5.92 Å². The minimum Gasteiger partial charge on any atom is -0.380 e. The van der Waals surface area contributed by atoms with E-state index in [9.17, 15) is 4.79 Å². The first-order chi connectivity index (χ1) is 9.99. The minimum absolute atomic E-state index is 0.00126. The van der Waals surface area contributed by atoms with Crippen LogP contribution in [0.4, 0.5) is 0 Å². The maximum Gasteiger partial charge on any atom is 0.181 e. The third-order valence-corrected chi connectivity index (χ3v) is 4.42. The number of ketones is 1. The smallest absolute Gasteiger partial charge is 0.181 e. The van der Waals surface area contributed by atoms with Gasteiger partial charge in [0, 0.05) is 23.7 Å². The number of halogens is 2. The van der Waals surface area contributed by atoms with Crippen LogP contribution in [0.25, 0.3) is 0 Å². The van der Waals surface area contributed by atoms with Crippen molar-refractivity contribution in [2.24, 2.45) is 5.92 Å². The van der Waals surface area contributed by atoms with Gasteiger partial charge in [-0.15, -0.1) is 0 Å². The van der Waals surface area contributed by atoms with Crippen molar-refractivity contribution in [3.63, 3.8) is 0 Å². The number of benzene rings is 1. The van der Waals surface area contributed by atoms with E-state index in [4.69, 9.17) is 27.9 Å². The second-order valence-electron chi connectivity index (χ2n) is 5.66. The molecule has 0 spiro atoms. The van der Waals surface area contributed by atoms with Gasteiger partial charge in [-0.05, 0) is 50.9 Å². The van der Waals surface area contributed by atoms with Gasteiger partial charge in [0.2, 0.25) is 0 Å². The molecule has 0 bridgehead atoms. The zero-order chi connectivity index (χ0) is 15.4. The van der Waals surface area contributed by atoms with Crippen molar-refractivity contribution in [3.05, 3.63) is 33.8 Å². The number of rotatable bonds is 8. The molecule has 0 amide bonds. The first-order valence-corrected chi connectivity index (χ1v) is 8.02. The lowest BCUT2D eigenvalue weighted by Gasteiger charge is -2.23. The highest BCUT2D eigenvalue weighted by atomic mass is 35.5. The van der Waals surface area contributed by atoms with E-state index in [1.807, 2.05) is 18.9 Å². The van der Waals surface area contributed by atoms with Crippen molar-refractivity contribution in [1.82, 2.24) is 4.90 Å². The van der Waals surface area contributed by atoms with Crippen LogP contribution in [0.2, 0.25) is 10.0 Å². The number of nitrogens with zero attached hydrogens (tertiary/aromatic N) is 1. The summed E-state index contributed by atoms with van der Waals surface area (Å²) in [4.78, 5) is 14.4. The van der Waals surface area contributed by atoms with Gasteiger partial charge in [-0.3, -0.25) is 9.69 Å². The van der Waals surface area contributed by atoms with Crippen molar-refractivity contribution < 1.29 is 9.53 Å². The van der Waals surface area contributed by atoms with E-state index in [0.717, 1.165) is 19.1 Å². The summed E-state index contributed by atoms with van der Waals surface area (Å²) < 4.78 is 5.61. The zero-order valence-electron chi connectivity index (χ0n) is 12.4. The van der Waals surface area contributed by atoms with E-state index in [-0.39, 0.29) is 11.8 Å². The molecule has 0 saturated heterocycles. The first-order valence-electron chi connectivity index (χ1n) is 7.26. The van der Waals surface area contributed by atoms with Gasteiger partial charge < -0.3 is 4.74 Å². The molecule has 0 aliphatic heterocycles. The number of Topliss-reactive ketones (excluding diaryl/α,β-unsaturated/α-hetero) is 1. The molecule has 0 heterocycles. The van der Waals surface area contributed by atoms with Gasteiger partial charge in [0.25, 0.3) is 0 Å². The van der Waals surface area contributed by atoms with Gasteiger partial charge in [-0.25, -0.2) is 0 Å². The minimum atomic E-state index is -0.242. The molecule has 1 atom stereocenters. The summed E-state index contributed by atoms with van der Waals surface area (Å²) in [5, 5.41) is 0.934. The van der Waals surface area contributed by atoms with E-state index in [1.165, 1.54) is 12.8 Å². The molecule has 1 aliphatic rings. The van der Waals surface area contributed by atoms with E-state index >= 15 is 0 Å². The number of carbonyl (C=O) groups excluding carboxylic acids is 1. The largest absolute Gasteiger partial charge is 0.380 e. The summed E-state index contributed by atoms with van der Waals surface area (Å²) in [5.74, 6) is 0.767. The fraction of sp³-hybridized carbons (Fsp3) is 0.562. The van der Waals surface area contributed by atoms with Crippen LogP contribution in [-0.2, 0) is 4.74 Å². The van der Waals surface area contributed by atoms with Crippen molar-refractivity contribution in [2.45, 2.75) is 25.8 Å². The van der Waals surface area contributed by atoms with Gasteiger partial charge >= 0.3 is 0 Å². The molecule has 2 rings (SSSR count). The molecule has 1 fully saturated rings. The molecule has 0 radical (unpaired) electrons. The predicted octanol–water partition coefficient (Wildman–Crippen LogP) is 3.92. The van der Waals surface area contributed by atoms with Gasteiger partial charge in [-0.1, -0.05) is 23.2 Å². The summed E-state index contributed by atoms with van der Waals surface area (Å²) in [6.45, 7) is 4.11. The number of hydrogen-bond donors (Lipinski definition) is 0. The third kappa shape index (κ3) is 4.96. The monoisotopic (exact) mass is 329 g/mol. The Labute approximate surface area is 136 Å². The molecule has 3 nitrogen and oxygen atoms in total. The topological polar surface area (TPSA) is 29.5 Å². The Hall–Kier alpha value is -0.610. The van der Waals surface area contributed by atoms with E-state index < -0.39 is 0 Å². The third-order valence-electron chi connectivity index (χ3n) is 3.88. The Kier molecular flexibility index (Phi) is 6.06. The quantitative estimate of drug-likeness (QED) is 0.534. The summed E-state index contributed by atoms with van der Waals surface area (Å²) >= 11 is 11.9. The van der Waals surface area contributed by atoms with Gasteiger partial charge in [0.15, 0.2) is 5.78 Å². The summed E-state index contributed by atoms with van der Waals surface area (Å²) in [6.07, 6.45) is 2.58. The Bertz CT molecular complexity index is 503. The first kappa shape index (κ1) is 16.8. The highest BCUT2D eigenvalue weighted by Crippen LogP contribution is 2.28. The Morgan fingerprint density at radius 1 is 1.43 bits per heavy atom. The van der Waals surface area contributed by atoms with Crippen molar-refractivity contribution in [1.29, 1.82) is 0 Å². The van der Waals surface area contributed by atoms with E-state index in [2.05, 4.69) is 0 Å². The van der Waals surface area contributed by atoms with Crippen molar-refractivity contribution in [3.8, 4) is 0 Å². The summed E-state index contributed by atoms with van der Waals surface area (Å²) in [7, 11) is 1.92.